The Morgan fingerprint density at radius 2 is 1.80 bits per heavy atom. The molecule has 0 aliphatic heterocycles. The molecule has 0 saturated carbocycles. The average Bonchev–Trinajstić information content (AvgIpc) is 2.19. The third-order valence-corrected chi connectivity index (χ3v) is 2.74. The van der Waals surface area contributed by atoms with E-state index < -0.39 is 0 Å². The predicted molar refractivity (Wildman–Crippen MR) is 68.0 cm³/mol. The molecule has 0 aliphatic rings. The molecular formula is C13H20N2. The van der Waals surface area contributed by atoms with E-state index in [-0.39, 0.29) is 0 Å². The fourth-order valence-electron chi connectivity index (χ4n) is 2.01. The first-order chi connectivity index (χ1) is 7.11. The molecule has 1 aromatic rings. The number of aryl methyl sites for hydroxylation is 2. The molecule has 15 heavy (non-hydrogen) atoms. The van der Waals surface area contributed by atoms with Gasteiger partial charge >= 0.3 is 0 Å². The van der Waals surface area contributed by atoms with Crippen LogP contribution in [0.15, 0.2) is 23.2 Å². The van der Waals surface area contributed by atoms with Gasteiger partial charge in [0, 0.05) is 26.2 Å². The largest absolute Gasteiger partial charge is 0.333 e. The Morgan fingerprint density at radius 1 is 1.27 bits per heavy atom. The highest BCUT2D eigenvalue weighted by molar-refractivity contribution is 5.98. The quantitative estimate of drug-likeness (QED) is 0.533. The van der Waals surface area contributed by atoms with Crippen LogP contribution < -0.4 is 4.90 Å². The summed E-state index contributed by atoms with van der Waals surface area (Å²) in [5.41, 5.74) is 3.87. The molecule has 0 spiro atoms. The third-order valence-electron chi connectivity index (χ3n) is 2.74. The lowest BCUT2D eigenvalue weighted by atomic mass is 10.1. The maximum Gasteiger partial charge on any atom is 0.102 e. The number of hydrogen-bond acceptors (Lipinski definition) is 1. The number of rotatable bonds is 2. The van der Waals surface area contributed by atoms with Crippen LogP contribution >= 0.6 is 0 Å². The topological polar surface area (TPSA) is 15.6 Å². The molecule has 0 bridgehead atoms. The monoisotopic (exact) mass is 204 g/mol. The standard InChI is InChI=1S/C13H20N2/c1-6-12(14-4)15(5)13-10(2)8-7-9-11(13)3/h7-9H,6H2,1-5H3. The molecule has 0 heterocycles. The van der Waals surface area contributed by atoms with Crippen molar-refractivity contribution in [2.45, 2.75) is 27.2 Å². The summed E-state index contributed by atoms with van der Waals surface area (Å²) in [5.74, 6) is 1.12. The number of aliphatic imine (C=N–C) groups is 1. The van der Waals surface area contributed by atoms with Crippen LogP contribution in [0.5, 0.6) is 0 Å². The minimum Gasteiger partial charge on any atom is -0.333 e. The van der Waals surface area contributed by atoms with Crippen LogP contribution in [-0.4, -0.2) is 19.9 Å². The van der Waals surface area contributed by atoms with Gasteiger partial charge in [-0.2, -0.15) is 0 Å². The number of nitrogens with zero attached hydrogens (tertiary/aromatic N) is 2. The number of para-hydroxylation sites is 1. The van der Waals surface area contributed by atoms with Crippen LogP contribution in [0.1, 0.15) is 24.5 Å². The van der Waals surface area contributed by atoms with Crippen molar-refractivity contribution in [3.63, 3.8) is 0 Å². The van der Waals surface area contributed by atoms with Crippen LogP contribution in [0.4, 0.5) is 5.69 Å². The summed E-state index contributed by atoms with van der Waals surface area (Å²) in [7, 11) is 3.93. The maximum atomic E-state index is 4.31. The second kappa shape index (κ2) is 4.96. The van der Waals surface area contributed by atoms with Crippen molar-refractivity contribution >= 4 is 11.5 Å². The average molecular weight is 204 g/mol. The Kier molecular flexibility index (Phi) is 3.89. The molecule has 0 atom stereocenters. The van der Waals surface area contributed by atoms with E-state index in [0.29, 0.717) is 0 Å². The van der Waals surface area contributed by atoms with Crippen molar-refractivity contribution in [2.24, 2.45) is 4.99 Å². The lowest BCUT2D eigenvalue weighted by Crippen LogP contribution is -2.27. The fourth-order valence-corrected chi connectivity index (χ4v) is 2.01. The molecule has 1 aromatic carbocycles. The third kappa shape index (κ3) is 2.38. The van der Waals surface area contributed by atoms with Gasteiger partial charge in [0.05, 0.1) is 0 Å². The zero-order valence-electron chi connectivity index (χ0n) is 10.3. The van der Waals surface area contributed by atoms with E-state index >= 15 is 0 Å². The number of amidine groups is 1. The van der Waals surface area contributed by atoms with Gasteiger partial charge in [0.1, 0.15) is 5.84 Å². The van der Waals surface area contributed by atoms with Crippen LogP contribution in [0.2, 0.25) is 0 Å². The summed E-state index contributed by atoms with van der Waals surface area (Å²) in [6, 6.07) is 6.38. The smallest absolute Gasteiger partial charge is 0.102 e. The van der Waals surface area contributed by atoms with Gasteiger partial charge < -0.3 is 4.90 Å². The van der Waals surface area contributed by atoms with E-state index in [1.54, 1.807) is 0 Å². The Hall–Kier alpha value is -1.31. The summed E-state index contributed by atoms with van der Waals surface area (Å²) in [6.45, 7) is 6.41. The Morgan fingerprint density at radius 3 is 2.20 bits per heavy atom. The van der Waals surface area contributed by atoms with Gasteiger partial charge in [0.2, 0.25) is 0 Å². The van der Waals surface area contributed by atoms with Crippen molar-refractivity contribution in [2.75, 3.05) is 19.0 Å². The SMILES string of the molecule is CCC(=NC)N(C)c1c(C)cccc1C. The van der Waals surface area contributed by atoms with Gasteiger partial charge in [-0.15, -0.1) is 0 Å². The molecule has 0 N–H and O–H groups in total. The molecule has 0 unspecified atom stereocenters. The zero-order chi connectivity index (χ0) is 11.4. The first-order valence-electron chi connectivity index (χ1n) is 5.37. The molecule has 0 aliphatic carbocycles. The van der Waals surface area contributed by atoms with E-state index in [9.17, 15) is 0 Å². The highest BCUT2D eigenvalue weighted by atomic mass is 15.2. The van der Waals surface area contributed by atoms with Gasteiger partial charge in [-0.1, -0.05) is 25.1 Å². The Balaban J connectivity index is 3.16. The summed E-state index contributed by atoms with van der Waals surface area (Å²) in [5, 5.41) is 0. The summed E-state index contributed by atoms with van der Waals surface area (Å²) in [6.07, 6.45) is 0.959. The second-order valence-corrected chi connectivity index (χ2v) is 3.79. The minimum absolute atomic E-state index is 0.959. The van der Waals surface area contributed by atoms with E-state index in [4.69, 9.17) is 0 Å². The maximum absolute atomic E-state index is 4.31. The summed E-state index contributed by atoms with van der Waals surface area (Å²) in [4.78, 5) is 6.49. The van der Waals surface area contributed by atoms with Crippen molar-refractivity contribution in [3.8, 4) is 0 Å². The van der Waals surface area contributed by atoms with Gasteiger partial charge in [-0.05, 0) is 25.0 Å². The first kappa shape index (κ1) is 11.8. The lowest BCUT2D eigenvalue weighted by Gasteiger charge is -2.24. The number of benzene rings is 1. The normalized spacial score (nSPS) is 11.7. The lowest BCUT2D eigenvalue weighted by molar-refractivity contribution is 1.11. The van der Waals surface area contributed by atoms with Gasteiger partial charge in [-0.3, -0.25) is 4.99 Å². The molecule has 82 valence electrons. The van der Waals surface area contributed by atoms with E-state index in [2.05, 4.69) is 55.9 Å². The highest BCUT2D eigenvalue weighted by Gasteiger charge is 2.10. The Labute approximate surface area is 92.6 Å². The van der Waals surface area contributed by atoms with E-state index in [1.165, 1.54) is 16.8 Å². The molecule has 0 saturated heterocycles. The van der Waals surface area contributed by atoms with Crippen LogP contribution in [0.25, 0.3) is 0 Å². The molecule has 1 rings (SSSR count). The van der Waals surface area contributed by atoms with Gasteiger partial charge in [0.15, 0.2) is 0 Å². The first-order valence-corrected chi connectivity index (χ1v) is 5.37. The molecule has 2 heteroatoms. The second-order valence-electron chi connectivity index (χ2n) is 3.79. The summed E-state index contributed by atoms with van der Waals surface area (Å²) >= 11 is 0. The van der Waals surface area contributed by atoms with Crippen molar-refractivity contribution in [1.29, 1.82) is 0 Å². The highest BCUT2D eigenvalue weighted by Crippen LogP contribution is 2.24. The van der Waals surface area contributed by atoms with Crippen molar-refractivity contribution in [3.05, 3.63) is 29.3 Å². The van der Waals surface area contributed by atoms with Gasteiger partial charge in [-0.25, -0.2) is 0 Å². The molecule has 0 aromatic heterocycles. The van der Waals surface area contributed by atoms with Crippen molar-refractivity contribution < 1.29 is 0 Å². The summed E-state index contributed by atoms with van der Waals surface area (Å²) < 4.78 is 0. The minimum atomic E-state index is 0.959. The molecule has 2 nitrogen and oxygen atoms in total. The van der Waals surface area contributed by atoms with Crippen molar-refractivity contribution in [1.82, 2.24) is 0 Å². The molecule has 0 radical (unpaired) electrons. The van der Waals surface area contributed by atoms with Gasteiger partial charge in [0.25, 0.3) is 0 Å². The zero-order valence-corrected chi connectivity index (χ0v) is 10.3. The Bertz CT molecular complexity index is 347. The van der Waals surface area contributed by atoms with Crippen LogP contribution in [0.3, 0.4) is 0 Å². The number of anilines is 1. The fraction of sp³-hybridized carbons (Fsp3) is 0.462. The molecule has 0 fully saturated rings. The van der Waals surface area contributed by atoms with Crippen LogP contribution in [-0.2, 0) is 0 Å². The van der Waals surface area contributed by atoms with E-state index in [1.807, 2.05) is 7.05 Å². The molecular weight excluding hydrogens is 184 g/mol. The predicted octanol–water partition coefficient (Wildman–Crippen LogP) is 3.18. The number of hydrogen-bond donors (Lipinski definition) is 0. The van der Waals surface area contributed by atoms with Crippen LogP contribution in [0, 0.1) is 13.8 Å². The van der Waals surface area contributed by atoms with E-state index in [0.717, 1.165) is 12.3 Å². The molecule has 0 amide bonds.